The van der Waals surface area contributed by atoms with Gasteiger partial charge in [-0.1, -0.05) is 6.92 Å². The fourth-order valence-corrected chi connectivity index (χ4v) is 1.91. The van der Waals surface area contributed by atoms with Crippen LogP contribution in [0.5, 0.6) is 0 Å². The van der Waals surface area contributed by atoms with Gasteiger partial charge in [0.25, 0.3) is 0 Å². The third-order valence-electron chi connectivity index (χ3n) is 2.86. The fourth-order valence-electron chi connectivity index (χ4n) is 1.91. The monoisotopic (exact) mass is 238 g/mol. The lowest BCUT2D eigenvalue weighted by molar-refractivity contribution is -0.125. The van der Waals surface area contributed by atoms with E-state index in [9.17, 15) is 4.79 Å². The molecular weight excluding hydrogens is 216 g/mol. The zero-order valence-electron chi connectivity index (χ0n) is 11.3. The summed E-state index contributed by atoms with van der Waals surface area (Å²) in [6.07, 6.45) is 0. The van der Waals surface area contributed by atoms with E-state index < -0.39 is 0 Å². The second-order valence-corrected chi connectivity index (χ2v) is 4.56. The lowest BCUT2D eigenvalue weighted by Gasteiger charge is -2.17. The molecule has 1 amide bonds. The highest BCUT2D eigenvalue weighted by molar-refractivity contribution is 5.79. The van der Waals surface area contributed by atoms with Gasteiger partial charge in [0.1, 0.15) is 11.5 Å². The molecular formula is C13H22N2O2. The first-order chi connectivity index (χ1) is 7.95. The molecule has 1 heterocycles. The highest BCUT2D eigenvalue weighted by Crippen LogP contribution is 2.21. The van der Waals surface area contributed by atoms with Gasteiger partial charge in [-0.2, -0.15) is 0 Å². The number of hydrogen-bond donors (Lipinski definition) is 2. The van der Waals surface area contributed by atoms with E-state index in [0.29, 0.717) is 6.54 Å². The molecule has 0 saturated carbocycles. The summed E-state index contributed by atoms with van der Waals surface area (Å²) in [4.78, 5) is 11.9. The van der Waals surface area contributed by atoms with Gasteiger partial charge in [0.2, 0.25) is 5.91 Å². The Morgan fingerprint density at radius 3 is 2.53 bits per heavy atom. The molecule has 96 valence electrons. The van der Waals surface area contributed by atoms with Crippen molar-refractivity contribution in [2.24, 2.45) is 5.92 Å². The van der Waals surface area contributed by atoms with Gasteiger partial charge < -0.3 is 15.1 Å². The molecule has 4 heteroatoms. The molecule has 1 rings (SSSR count). The predicted octanol–water partition coefficient (Wildman–Crippen LogP) is 1.93. The molecule has 2 atom stereocenters. The molecule has 2 N–H and O–H groups in total. The van der Waals surface area contributed by atoms with E-state index in [1.807, 2.05) is 40.8 Å². The number of carbonyl (C=O) groups excluding carboxylic acids is 1. The Kier molecular flexibility index (Phi) is 4.75. The molecule has 0 spiro atoms. The maximum Gasteiger partial charge on any atom is 0.224 e. The van der Waals surface area contributed by atoms with Gasteiger partial charge in [-0.25, -0.2) is 0 Å². The highest BCUT2D eigenvalue weighted by atomic mass is 16.3. The lowest BCUT2D eigenvalue weighted by atomic mass is 10.1. The SMILES string of the molecule is CNCC(C)C(=O)NC(C)c1cc(C)oc1C. The molecule has 1 aromatic heterocycles. The van der Waals surface area contributed by atoms with Crippen molar-refractivity contribution in [1.82, 2.24) is 10.6 Å². The van der Waals surface area contributed by atoms with Crippen molar-refractivity contribution in [2.45, 2.75) is 33.7 Å². The zero-order valence-corrected chi connectivity index (χ0v) is 11.3. The van der Waals surface area contributed by atoms with E-state index in [4.69, 9.17) is 4.42 Å². The predicted molar refractivity (Wildman–Crippen MR) is 67.8 cm³/mol. The van der Waals surface area contributed by atoms with Crippen LogP contribution in [0.25, 0.3) is 0 Å². The fraction of sp³-hybridized carbons (Fsp3) is 0.615. The van der Waals surface area contributed by atoms with Gasteiger partial charge >= 0.3 is 0 Å². The number of rotatable bonds is 5. The minimum Gasteiger partial charge on any atom is -0.466 e. The van der Waals surface area contributed by atoms with Gasteiger partial charge in [0, 0.05) is 18.0 Å². The molecule has 0 saturated heterocycles. The van der Waals surface area contributed by atoms with Crippen molar-refractivity contribution in [2.75, 3.05) is 13.6 Å². The van der Waals surface area contributed by atoms with E-state index in [1.54, 1.807) is 0 Å². The van der Waals surface area contributed by atoms with Crippen molar-refractivity contribution in [3.05, 3.63) is 23.2 Å². The Morgan fingerprint density at radius 2 is 2.06 bits per heavy atom. The summed E-state index contributed by atoms with van der Waals surface area (Å²) in [5, 5.41) is 5.99. The molecule has 0 aliphatic heterocycles. The number of amides is 1. The number of carbonyl (C=O) groups is 1. The maximum absolute atomic E-state index is 11.9. The minimum absolute atomic E-state index is 0.0146. The summed E-state index contributed by atoms with van der Waals surface area (Å²) in [7, 11) is 1.84. The molecule has 2 unspecified atom stereocenters. The first kappa shape index (κ1) is 13.8. The summed E-state index contributed by atoms with van der Waals surface area (Å²) in [6, 6.07) is 1.96. The second kappa shape index (κ2) is 5.87. The highest BCUT2D eigenvalue weighted by Gasteiger charge is 2.18. The largest absolute Gasteiger partial charge is 0.466 e. The van der Waals surface area contributed by atoms with Crippen LogP contribution in [0.15, 0.2) is 10.5 Å². The molecule has 0 aliphatic carbocycles. The van der Waals surface area contributed by atoms with Crippen molar-refractivity contribution in [3.8, 4) is 0 Å². The molecule has 0 radical (unpaired) electrons. The third kappa shape index (κ3) is 3.60. The Morgan fingerprint density at radius 1 is 1.41 bits per heavy atom. The van der Waals surface area contributed by atoms with Crippen LogP contribution in [-0.2, 0) is 4.79 Å². The Balaban J connectivity index is 2.63. The Hall–Kier alpha value is -1.29. The van der Waals surface area contributed by atoms with Crippen LogP contribution in [0.4, 0.5) is 0 Å². The molecule has 0 fully saturated rings. The zero-order chi connectivity index (χ0) is 13.0. The van der Waals surface area contributed by atoms with E-state index >= 15 is 0 Å². The quantitative estimate of drug-likeness (QED) is 0.824. The van der Waals surface area contributed by atoms with Crippen LogP contribution in [0.2, 0.25) is 0 Å². The van der Waals surface area contributed by atoms with Crippen LogP contribution < -0.4 is 10.6 Å². The topological polar surface area (TPSA) is 54.3 Å². The number of furan rings is 1. The molecule has 0 aliphatic rings. The summed E-state index contributed by atoms with van der Waals surface area (Å²) in [5.74, 6) is 1.78. The maximum atomic E-state index is 11.9. The summed E-state index contributed by atoms with van der Waals surface area (Å²) in [5.41, 5.74) is 1.05. The van der Waals surface area contributed by atoms with E-state index in [0.717, 1.165) is 17.1 Å². The van der Waals surface area contributed by atoms with Gasteiger partial charge in [-0.3, -0.25) is 4.79 Å². The van der Waals surface area contributed by atoms with E-state index in [-0.39, 0.29) is 17.9 Å². The van der Waals surface area contributed by atoms with Crippen molar-refractivity contribution >= 4 is 5.91 Å². The first-order valence-electron chi connectivity index (χ1n) is 5.97. The van der Waals surface area contributed by atoms with Gasteiger partial charge in [0.05, 0.1) is 6.04 Å². The second-order valence-electron chi connectivity index (χ2n) is 4.56. The number of nitrogens with one attached hydrogen (secondary N) is 2. The van der Waals surface area contributed by atoms with Crippen LogP contribution in [-0.4, -0.2) is 19.5 Å². The van der Waals surface area contributed by atoms with E-state index in [2.05, 4.69) is 10.6 Å². The van der Waals surface area contributed by atoms with Crippen LogP contribution in [0.3, 0.4) is 0 Å². The van der Waals surface area contributed by atoms with E-state index in [1.165, 1.54) is 0 Å². The molecule has 0 aromatic carbocycles. The standard InChI is InChI=1S/C13H22N2O2/c1-8(7-14-5)13(16)15-10(3)12-6-9(2)17-11(12)4/h6,8,10,14H,7H2,1-5H3,(H,15,16). The molecule has 17 heavy (non-hydrogen) atoms. The average molecular weight is 238 g/mol. The van der Waals surface area contributed by atoms with Crippen LogP contribution in [0, 0.1) is 19.8 Å². The first-order valence-corrected chi connectivity index (χ1v) is 5.97. The molecule has 1 aromatic rings. The number of aryl methyl sites for hydroxylation is 2. The summed E-state index contributed by atoms with van der Waals surface area (Å²) >= 11 is 0. The van der Waals surface area contributed by atoms with Crippen molar-refractivity contribution in [3.63, 3.8) is 0 Å². The smallest absolute Gasteiger partial charge is 0.224 e. The summed E-state index contributed by atoms with van der Waals surface area (Å²) in [6.45, 7) is 8.39. The minimum atomic E-state index is -0.0317. The van der Waals surface area contributed by atoms with Crippen LogP contribution in [0.1, 0.15) is 37.0 Å². The third-order valence-corrected chi connectivity index (χ3v) is 2.86. The normalized spacial score (nSPS) is 14.4. The van der Waals surface area contributed by atoms with Gasteiger partial charge in [-0.15, -0.1) is 0 Å². The number of hydrogen-bond acceptors (Lipinski definition) is 3. The van der Waals surface area contributed by atoms with Gasteiger partial charge in [-0.05, 0) is 33.9 Å². The van der Waals surface area contributed by atoms with Crippen molar-refractivity contribution in [1.29, 1.82) is 0 Å². The summed E-state index contributed by atoms with van der Waals surface area (Å²) < 4.78 is 5.46. The van der Waals surface area contributed by atoms with Gasteiger partial charge in [0.15, 0.2) is 0 Å². The lowest BCUT2D eigenvalue weighted by Crippen LogP contribution is -2.35. The Bertz CT molecular complexity index is 385. The van der Waals surface area contributed by atoms with Crippen LogP contribution >= 0.6 is 0 Å². The Labute approximate surface area is 103 Å². The average Bonchev–Trinajstić information content (AvgIpc) is 2.58. The molecule has 0 bridgehead atoms. The van der Waals surface area contributed by atoms with Crippen molar-refractivity contribution < 1.29 is 9.21 Å². The molecule has 4 nitrogen and oxygen atoms in total.